The Morgan fingerprint density at radius 1 is 1.05 bits per heavy atom. The lowest BCUT2D eigenvalue weighted by molar-refractivity contribution is 0.415. The first-order chi connectivity index (χ1) is 9.70. The van der Waals surface area contributed by atoms with Gasteiger partial charge < -0.3 is 14.8 Å². The summed E-state index contributed by atoms with van der Waals surface area (Å²) in [6.07, 6.45) is 0. The van der Waals surface area contributed by atoms with E-state index in [4.69, 9.17) is 4.74 Å². The van der Waals surface area contributed by atoms with Crippen molar-refractivity contribution >= 4 is 10.9 Å². The summed E-state index contributed by atoms with van der Waals surface area (Å²) in [4.78, 5) is 14.9. The number of hydrogen-bond acceptors (Lipinski definition) is 3. The normalized spacial score (nSPS) is 10.7. The molecule has 0 aliphatic rings. The molecule has 0 radical (unpaired) electrons. The molecule has 4 nitrogen and oxygen atoms in total. The van der Waals surface area contributed by atoms with Gasteiger partial charge in [-0.1, -0.05) is 24.3 Å². The van der Waals surface area contributed by atoms with Crippen molar-refractivity contribution in [2.75, 3.05) is 7.11 Å². The standard InChI is InChI=1S/C16H13NO3/c1-20-11-8-6-10(7-9-11)14-15(18)12-4-2-3-5-13(12)17-16(14)19/h2-9H,1H3,(H2,17,18,19). The number of methoxy groups -OCH3 is 1. The summed E-state index contributed by atoms with van der Waals surface area (Å²) < 4.78 is 5.09. The van der Waals surface area contributed by atoms with Gasteiger partial charge in [0.25, 0.3) is 5.56 Å². The Balaban J connectivity index is 2.27. The number of aromatic nitrogens is 1. The second kappa shape index (κ2) is 4.74. The molecule has 20 heavy (non-hydrogen) atoms. The highest BCUT2D eigenvalue weighted by Gasteiger charge is 2.13. The third-order valence-electron chi connectivity index (χ3n) is 3.27. The van der Waals surface area contributed by atoms with Crippen molar-refractivity contribution in [2.24, 2.45) is 0 Å². The van der Waals surface area contributed by atoms with Crippen molar-refractivity contribution in [1.29, 1.82) is 0 Å². The summed E-state index contributed by atoms with van der Waals surface area (Å²) in [6.45, 7) is 0. The van der Waals surface area contributed by atoms with E-state index in [1.165, 1.54) is 0 Å². The molecule has 3 aromatic rings. The van der Waals surface area contributed by atoms with Gasteiger partial charge in [0.2, 0.25) is 0 Å². The molecule has 0 saturated carbocycles. The van der Waals surface area contributed by atoms with Gasteiger partial charge in [0.1, 0.15) is 11.5 Å². The van der Waals surface area contributed by atoms with Gasteiger partial charge in [0, 0.05) is 5.39 Å². The summed E-state index contributed by atoms with van der Waals surface area (Å²) in [5.74, 6) is 0.694. The smallest absolute Gasteiger partial charge is 0.260 e. The van der Waals surface area contributed by atoms with Crippen molar-refractivity contribution < 1.29 is 9.84 Å². The van der Waals surface area contributed by atoms with Crippen LogP contribution in [0.15, 0.2) is 53.3 Å². The van der Waals surface area contributed by atoms with Crippen LogP contribution in [0.25, 0.3) is 22.0 Å². The van der Waals surface area contributed by atoms with E-state index in [1.54, 1.807) is 43.5 Å². The Bertz CT molecular complexity index is 819. The van der Waals surface area contributed by atoms with Crippen molar-refractivity contribution in [2.45, 2.75) is 0 Å². The molecule has 1 aromatic heterocycles. The van der Waals surface area contributed by atoms with Crippen LogP contribution in [0.1, 0.15) is 0 Å². The lowest BCUT2D eigenvalue weighted by Gasteiger charge is -2.08. The first-order valence-corrected chi connectivity index (χ1v) is 6.19. The number of fused-ring (bicyclic) bond motifs is 1. The average molecular weight is 267 g/mol. The predicted molar refractivity (Wildman–Crippen MR) is 78.2 cm³/mol. The zero-order valence-electron chi connectivity index (χ0n) is 10.9. The SMILES string of the molecule is COc1ccc(-c2c(O)c3ccccc3[nH]c2=O)cc1. The Kier molecular flexibility index (Phi) is 2.91. The Hall–Kier alpha value is -2.75. The minimum Gasteiger partial charge on any atom is -0.506 e. The van der Waals surface area contributed by atoms with E-state index in [2.05, 4.69) is 4.98 Å². The maximum absolute atomic E-state index is 12.2. The maximum Gasteiger partial charge on any atom is 0.260 e. The van der Waals surface area contributed by atoms with E-state index in [0.717, 1.165) is 0 Å². The van der Waals surface area contributed by atoms with Crippen molar-refractivity contribution in [1.82, 2.24) is 4.98 Å². The fraction of sp³-hybridized carbons (Fsp3) is 0.0625. The minimum absolute atomic E-state index is 0.00508. The number of rotatable bonds is 2. The highest BCUT2D eigenvalue weighted by molar-refractivity contribution is 5.91. The van der Waals surface area contributed by atoms with Gasteiger partial charge >= 0.3 is 0 Å². The first-order valence-electron chi connectivity index (χ1n) is 6.19. The summed E-state index contributed by atoms with van der Waals surface area (Å²) in [6, 6.07) is 14.2. The van der Waals surface area contributed by atoms with Crippen LogP contribution in [-0.4, -0.2) is 17.2 Å². The van der Waals surface area contributed by atoms with Gasteiger partial charge in [-0.05, 0) is 29.8 Å². The number of H-pyrrole nitrogens is 1. The van der Waals surface area contributed by atoms with Crippen LogP contribution in [0.2, 0.25) is 0 Å². The maximum atomic E-state index is 12.2. The number of nitrogens with one attached hydrogen (secondary N) is 1. The average Bonchev–Trinajstić information content (AvgIpc) is 2.48. The number of pyridine rings is 1. The van der Waals surface area contributed by atoms with Crippen molar-refractivity contribution in [3.05, 3.63) is 58.9 Å². The van der Waals surface area contributed by atoms with Crippen LogP contribution in [0.3, 0.4) is 0 Å². The number of benzene rings is 2. The molecule has 1 heterocycles. The monoisotopic (exact) mass is 267 g/mol. The van der Waals surface area contributed by atoms with Gasteiger partial charge in [0.15, 0.2) is 0 Å². The number of para-hydroxylation sites is 1. The number of hydrogen-bond donors (Lipinski definition) is 2. The van der Waals surface area contributed by atoms with Crippen LogP contribution in [0, 0.1) is 0 Å². The molecule has 0 fully saturated rings. The van der Waals surface area contributed by atoms with Gasteiger partial charge in [-0.3, -0.25) is 4.79 Å². The summed E-state index contributed by atoms with van der Waals surface area (Å²) >= 11 is 0. The predicted octanol–water partition coefficient (Wildman–Crippen LogP) is 2.91. The summed E-state index contributed by atoms with van der Waals surface area (Å²) in [5.41, 5.74) is 1.22. The van der Waals surface area contributed by atoms with Crippen LogP contribution in [0.4, 0.5) is 0 Å². The van der Waals surface area contributed by atoms with Gasteiger partial charge in [-0.2, -0.15) is 0 Å². The molecule has 0 aliphatic carbocycles. The first kappa shape index (κ1) is 12.3. The molecule has 0 atom stereocenters. The molecule has 0 amide bonds. The topological polar surface area (TPSA) is 62.3 Å². The van der Waals surface area contributed by atoms with E-state index in [0.29, 0.717) is 22.2 Å². The quantitative estimate of drug-likeness (QED) is 0.750. The highest BCUT2D eigenvalue weighted by Crippen LogP contribution is 2.32. The molecule has 4 heteroatoms. The second-order valence-corrected chi connectivity index (χ2v) is 4.45. The fourth-order valence-corrected chi connectivity index (χ4v) is 2.25. The highest BCUT2D eigenvalue weighted by atomic mass is 16.5. The van der Waals surface area contributed by atoms with E-state index in [1.807, 2.05) is 12.1 Å². The van der Waals surface area contributed by atoms with Gasteiger partial charge in [0.05, 0.1) is 18.2 Å². The second-order valence-electron chi connectivity index (χ2n) is 4.45. The fourth-order valence-electron chi connectivity index (χ4n) is 2.25. The third kappa shape index (κ3) is 1.91. The number of aromatic hydroxyl groups is 1. The van der Waals surface area contributed by atoms with Gasteiger partial charge in [-0.15, -0.1) is 0 Å². The van der Waals surface area contributed by atoms with Crippen LogP contribution >= 0.6 is 0 Å². The zero-order valence-corrected chi connectivity index (χ0v) is 10.9. The molecular formula is C16H13NO3. The van der Waals surface area contributed by atoms with Crippen LogP contribution in [0.5, 0.6) is 11.5 Å². The molecule has 2 N–H and O–H groups in total. The third-order valence-corrected chi connectivity index (χ3v) is 3.27. The lowest BCUT2D eigenvalue weighted by atomic mass is 10.0. The van der Waals surface area contributed by atoms with Crippen LogP contribution in [-0.2, 0) is 0 Å². The Labute approximate surface area is 115 Å². The van der Waals surface area contributed by atoms with E-state index in [9.17, 15) is 9.90 Å². The number of ether oxygens (including phenoxy) is 1. The molecule has 0 saturated heterocycles. The van der Waals surface area contributed by atoms with Crippen molar-refractivity contribution in [3.63, 3.8) is 0 Å². The van der Waals surface area contributed by atoms with E-state index >= 15 is 0 Å². The molecule has 0 unspecified atom stereocenters. The zero-order chi connectivity index (χ0) is 14.1. The Morgan fingerprint density at radius 3 is 2.45 bits per heavy atom. The Morgan fingerprint density at radius 2 is 1.75 bits per heavy atom. The molecule has 100 valence electrons. The molecule has 3 rings (SSSR count). The molecule has 0 bridgehead atoms. The minimum atomic E-state index is -0.314. The molecule has 0 aliphatic heterocycles. The lowest BCUT2D eigenvalue weighted by Crippen LogP contribution is -2.09. The summed E-state index contributed by atoms with van der Waals surface area (Å²) in [5, 5.41) is 11.0. The largest absolute Gasteiger partial charge is 0.506 e. The summed E-state index contributed by atoms with van der Waals surface area (Å²) in [7, 11) is 1.58. The van der Waals surface area contributed by atoms with Crippen molar-refractivity contribution in [3.8, 4) is 22.6 Å². The van der Waals surface area contributed by atoms with Crippen LogP contribution < -0.4 is 10.3 Å². The van der Waals surface area contributed by atoms with E-state index < -0.39 is 0 Å². The molecule has 0 spiro atoms. The van der Waals surface area contributed by atoms with Gasteiger partial charge in [-0.25, -0.2) is 0 Å². The van der Waals surface area contributed by atoms with E-state index in [-0.39, 0.29) is 16.9 Å². The number of aromatic amines is 1. The molecule has 2 aromatic carbocycles. The molecular weight excluding hydrogens is 254 g/mol.